The molecular weight excluding hydrogens is 431 g/mol. The number of thioether (sulfide) groups is 1. The van der Waals surface area contributed by atoms with Crippen LogP contribution in [0.3, 0.4) is 0 Å². The number of carbonyl (C=O) groups excluding carboxylic acids is 1. The number of nitrogens with one attached hydrogen (secondary N) is 1. The number of allylic oxidation sites excluding steroid dienone is 1. The lowest BCUT2D eigenvalue weighted by atomic mass is 10.2. The van der Waals surface area contributed by atoms with Gasteiger partial charge in [0.2, 0.25) is 0 Å². The number of hydrogen-bond acceptors (Lipinski definition) is 6. The SMILES string of the molecule is C=CCn1c(CCNC(=O)c2ccccc2F)nnc1SCCOc1ccccc1OC. The number of rotatable bonds is 12. The number of halogens is 1. The number of amides is 1. The first-order chi connectivity index (χ1) is 15.6. The maximum atomic E-state index is 13.7. The van der Waals surface area contributed by atoms with Crippen LogP contribution in [0.25, 0.3) is 0 Å². The van der Waals surface area contributed by atoms with Crippen LogP contribution in [0.15, 0.2) is 66.3 Å². The Morgan fingerprint density at radius 1 is 1.19 bits per heavy atom. The number of carbonyl (C=O) groups is 1. The van der Waals surface area contributed by atoms with Crippen LogP contribution in [0.5, 0.6) is 11.5 Å². The number of hydrogen-bond donors (Lipinski definition) is 1. The summed E-state index contributed by atoms with van der Waals surface area (Å²) in [6, 6.07) is 13.4. The van der Waals surface area contributed by atoms with Gasteiger partial charge in [0.1, 0.15) is 11.6 Å². The first-order valence-corrected chi connectivity index (χ1v) is 11.1. The van der Waals surface area contributed by atoms with Gasteiger partial charge < -0.3 is 19.4 Å². The lowest BCUT2D eigenvalue weighted by Crippen LogP contribution is -2.27. The largest absolute Gasteiger partial charge is 0.493 e. The van der Waals surface area contributed by atoms with Crippen molar-refractivity contribution in [1.82, 2.24) is 20.1 Å². The molecule has 0 saturated carbocycles. The van der Waals surface area contributed by atoms with E-state index >= 15 is 0 Å². The Balaban J connectivity index is 1.52. The van der Waals surface area contributed by atoms with Crippen LogP contribution in [0, 0.1) is 5.82 Å². The van der Waals surface area contributed by atoms with Gasteiger partial charge in [0, 0.05) is 25.3 Å². The third kappa shape index (κ3) is 6.10. The molecule has 0 aliphatic heterocycles. The molecule has 0 atom stereocenters. The summed E-state index contributed by atoms with van der Waals surface area (Å²) in [5, 5.41) is 12.0. The minimum absolute atomic E-state index is 0.0198. The summed E-state index contributed by atoms with van der Waals surface area (Å²) in [5.74, 6) is 1.75. The van der Waals surface area contributed by atoms with Gasteiger partial charge in [-0.25, -0.2) is 4.39 Å². The second-order valence-electron chi connectivity index (χ2n) is 6.63. The fourth-order valence-electron chi connectivity index (χ4n) is 2.97. The van der Waals surface area contributed by atoms with E-state index in [1.807, 2.05) is 28.8 Å². The monoisotopic (exact) mass is 456 g/mol. The summed E-state index contributed by atoms with van der Waals surface area (Å²) in [5.41, 5.74) is 0.0198. The van der Waals surface area contributed by atoms with Gasteiger partial charge in [-0.1, -0.05) is 42.1 Å². The van der Waals surface area contributed by atoms with E-state index in [0.29, 0.717) is 49.2 Å². The lowest BCUT2D eigenvalue weighted by Gasteiger charge is -2.11. The van der Waals surface area contributed by atoms with Crippen LogP contribution in [0.4, 0.5) is 4.39 Å². The van der Waals surface area contributed by atoms with Crippen molar-refractivity contribution in [3.05, 3.63) is 78.4 Å². The van der Waals surface area contributed by atoms with Gasteiger partial charge in [-0.05, 0) is 24.3 Å². The van der Waals surface area contributed by atoms with E-state index in [2.05, 4.69) is 22.1 Å². The van der Waals surface area contributed by atoms with Crippen molar-refractivity contribution in [2.24, 2.45) is 0 Å². The number of methoxy groups -OCH3 is 1. The van der Waals surface area contributed by atoms with Crippen molar-refractivity contribution in [2.75, 3.05) is 26.0 Å². The van der Waals surface area contributed by atoms with E-state index in [1.165, 1.54) is 23.9 Å². The summed E-state index contributed by atoms with van der Waals surface area (Å²) >= 11 is 1.52. The quantitative estimate of drug-likeness (QED) is 0.254. The summed E-state index contributed by atoms with van der Waals surface area (Å²) in [7, 11) is 1.61. The molecule has 32 heavy (non-hydrogen) atoms. The molecule has 1 N–H and O–H groups in total. The summed E-state index contributed by atoms with van der Waals surface area (Å²) in [6.45, 7) is 5.12. The van der Waals surface area contributed by atoms with Crippen LogP contribution in [-0.2, 0) is 13.0 Å². The third-order valence-electron chi connectivity index (χ3n) is 4.50. The van der Waals surface area contributed by atoms with Crippen LogP contribution in [0.2, 0.25) is 0 Å². The Morgan fingerprint density at radius 3 is 2.69 bits per heavy atom. The Morgan fingerprint density at radius 2 is 1.94 bits per heavy atom. The van der Waals surface area contributed by atoms with E-state index in [0.717, 1.165) is 5.16 Å². The van der Waals surface area contributed by atoms with E-state index < -0.39 is 11.7 Å². The summed E-state index contributed by atoms with van der Waals surface area (Å²) < 4.78 is 26.8. The van der Waals surface area contributed by atoms with Crippen molar-refractivity contribution in [2.45, 2.75) is 18.1 Å². The van der Waals surface area contributed by atoms with E-state index in [-0.39, 0.29) is 5.56 Å². The van der Waals surface area contributed by atoms with Crippen LogP contribution in [-0.4, -0.2) is 46.7 Å². The Labute approximate surface area is 190 Å². The number of aromatic nitrogens is 3. The molecule has 0 fully saturated rings. The van der Waals surface area contributed by atoms with Gasteiger partial charge in [-0.3, -0.25) is 4.79 Å². The maximum absolute atomic E-state index is 13.7. The highest BCUT2D eigenvalue weighted by Crippen LogP contribution is 2.26. The zero-order valence-electron chi connectivity index (χ0n) is 17.8. The molecule has 0 unspecified atom stereocenters. The molecule has 0 saturated heterocycles. The second-order valence-corrected chi connectivity index (χ2v) is 7.69. The maximum Gasteiger partial charge on any atom is 0.254 e. The first kappa shape index (κ1) is 23.3. The number of benzene rings is 2. The summed E-state index contributed by atoms with van der Waals surface area (Å²) in [6.07, 6.45) is 2.22. The molecule has 1 amide bonds. The molecule has 0 spiro atoms. The molecular formula is C23H25FN4O3S. The molecule has 3 rings (SSSR count). The standard InChI is InChI=1S/C23H25FN4O3S/c1-3-14-28-21(12-13-25-22(29)17-8-4-5-9-18(17)24)26-27-23(28)32-16-15-31-20-11-7-6-10-19(20)30-2/h3-11H,1,12-16H2,2H3,(H,25,29). The molecule has 2 aromatic carbocycles. The molecule has 0 aliphatic carbocycles. The molecule has 3 aromatic rings. The van der Waals surface area contributed by atoms with E-state index in [4.69, 9.17) is 9.47 Å². The normalized spacial score (nSPS) is 10.6. The van der Waals surface area contributed by atoms with Crippen molar-refractivity contribution >= 4 is 17.7 Å². The zero-order valence-corrected chi connectivity index (χ0v) is 18.6. The smallest absolute Gasteiger partial charge is 0.254 e. The molecule has 0 aliphatic rings. The summed E-state index contributed by atoms with van der Waals surface area (Å²) in [4.78, 5) is 12.2. The second kappa shape index (κ2) is 11.9. The van der Waals surface area contributed by atoms with E-state index in [1.54, 1.807) is 25.3 Å². The minimum atomic E-state index is -0.547. The van der Waals surface area contributed by atoms with Gasteiger partial charge in [-0.2, -0.15) is 0 Å². The van der Waals surface area contributed by atoms with Gasteiger partial charge in [0.05, 0.1) is 19.3 Å². The molecule has 9 heteroatoms. The number of ether oxygens (including phenoxy) is 2. The lowest BCUT2D eigenvalue weighted by molar-refractivity contribution is 0.0950. The van der Waals surface area contributed by atoms with Crippen molar-refractivity contribution in [3.8, 4) is 11.5 Å². The average Bonchev–Trinajstić information content (AvgIpc) is 3.19. The fourth-order valence-corrected chi connectivity index (χ4v) is 3.76. The van der Waals surface area contributed by atoms with Gasteiger partial charge >= 0.3 is 0 Å². The highest BCUT2D eigenvalue weighted by Gasteiger charge is 2.14. The Kier molecular flexibility index (Phi) is 8.68. The fraction of sp³-hybridized carbons (Fsp3) is 0.261. The molecule has 0 bridgehead atoms. The predicted molar refractivity (Wildman–Crippen MR) is 122 cm³/mol. The van der Waals surface area contributed by atoms with Crippen LogP contribution >= 0.6 is 11.8 Å². The van der Waals surface area contributed by atoms with Crippen LogP contribution in [0.1, 0.15) is 16.2 Å². The Bertz CT molecular complexity index is 1060. The van der Waals surface area contributed by atoms with E-state index in [9.17, 15) is 9.18 Å². The van der Waals surface area contributed by atoms with Crippen molar-refractivity contribution in [1.29, 1.82) is 0 Å². The average molecular weight is 457 g/mol. The zero-order chi connectivity index (χ0) is 22.8. The molecule has 168 valence electrons. The first-order valence-electron chi connectivity index (χ1n) is 10.1. The Hall–Kier alpha value is -3.33. The van der Waals surface area contributed by atoms with Crippen molar-refractivity contribution < 1.29 is 18.7 Å². The predicted octanol–water partition coefficient (Wildman–Crippen LogP) is 3.76. The van der Waals surface area contributed by atoms with Crippen molar-refractivity contribution in [3.63, 3.8) is 0 Å². The van der Waals surface area contributed by atoms with Gasteiger partial charge in [0.25, 0.3) is 5.91 Å². The van der Waals surface area contributed by atoms with Gasteiger partial charge in [0.15, 0.2) is 16.7 Å². The third-order valence-corrected chi connectivity index (χ3v) is 5.43. The number of nitrogens with zero attached hydrogens (tertiary/aromatic N) is 3. The molecule has 1 heterocycles. The highest BCUT2D eigenvalue weighted by molar-refractivity contribution is 7.99. The highest BCUT2D eigenvalue weighted by atomic mass is 32.2. The number of para-hydroxylation sites is 2. The topological polar surface area (TPSA) is 78.3 Å². The van der Waals surface area contributed by atoms with Gasteiger partial charge in [-0.15, -0.1) is 16.8 Å². The molecule has 7 nitrogen and oxygen atoms in total. The minimum Gasteiger partial charge on any atom is -0.493 e. The molecule has 0 radical (unpaired) electrons. The molecule has 1 aromatic heterocycles. The van der Waals surface area contributed by atoms with Crippen LogP contribution < -0.4 is 14.8 Å².